The molecule has 0 aromatic carbocycles. The second-order valence-corrected chi connectivity index (χ2v) is 8.08. The first-order valence-corrected chi connectivity index (χ1v) is 9.99. The van der Waals surface area contributed by atoms with E-state index >= 15 is 0 Å². The molecule has 2 aromatic heterocycles. The average Bonchev–Trinajstić information content (AvgIpc) is 3.29. The molecular weight excluding hydrogens is 344 g/mol. The molecule has 144 valence electrons. The van der Waals surface area contributed by atoms with Crippen LogP contribution in [0.25, 0.3) is 5.65 Å². The van der Waals surface area contributed by atoms with E-state index in [1.165, 1.54) is 17.7 Å². The molecule has 8 nitrogen and oxygen atoms in total. The van der Waals surface area contributed by atoms with E-state index in [-0.39, 0.29) is 18.6 Å². The van der Waals surface area contributed by atoms with E-state index in [1.807, 2.05) is 11.6 Å². The van der Waals surface area contributed by atoms with Crippen molar-refractivity contribution in [3.8, 4) is 0 Å². The minimum atomic E-state index is 0.0719. The molecule has 27 heavy (non-hydrogen) atoms. The Morgan fingerprint density at radius 3 is 2.89 bits per heavy atom. The Morgan fingerprint density at radius 1 is 1.22 bits per heavy atom. The second kappa shape index (κ2) is 6.83. The zero-order chi connectivity index (χ0) is 18.4. The highest BCUT2D eigenvalue weighted by molar-refractivity contribution is 5.77. The van der Waals surface area contributed by atoms with Gasteiger partial charge in [-0.2, -0.15) is 9.61 Å². The fourth-order valence-electron chi connectivity index (χ4n) is 4.58. The normalized spacial score (nSPS) is 24.7. The molecule has 0 spiro atoms. The van der Waals surface area contributed by atoms with Gasteiger partial charge in [0.1, 0.15) is 6.61 Å². The molecule has 2 saturated heterocycles. The Kier molecular flexibility index (Phi) is 4.32. The molecule has 0 bridgehead atoms. The van der Waals surface area contributed by atoms with E-state index in [1.54, 1.807) is 4.90 Å². The molecule has 4 heterocycles. The van der Waals surface area contributed by atoms with Crippen LogP contribution in [0.3, 0.4) is 0 Å². The van der Waals surface area contributed by atoms with Gasteiger partial charge in [0, 0.05) is 26.1 Å². The van der Waals surface area contributed by atoms with Gasteiger partial charge in [-0.1, -0.05) is 0 Å². The number of hydrogen-bond donors (Lipinski definition) is 0. The molecule has 2 aromatic rings. The molecule has 8 heteroatoms. The number of likely N-dealkylation sites (N-methyl/N-ethyl adjacent to an activating group) is 1. The predicted molar refractivity (Wildman–Crippen MR) is 98.6 cm³/mol. The first-order valence-electron chi connectivity index (χ1n) is 9.99. The van der Waals surface area contributed by atoms with Gasteiger partial charge < -0.3 is 14.5 Å². The SMILES string of the molecule is CN1CC(CN2CCC(c3nnc4cc5c(nn34)CCC5)CC2)OCC1=O. The third kappa shape index (κ3) is 3.21. The van der Waals surface area contributed by atoms with Crippen LogP contribution in [0, 0.1) is 0 Å². The zero-order valence-electron chi connectivity index (χ0n) is 15.8. The van der Waals surface area contributed by atoms with Gasteiger partial charge in [0.15, 0.2) is 11.5 Å². The number of morpholine rings is 1. The molecule has 1 unspecified atom stereocenters. The van der Waals surface area contributed by atoms with Crippen LogP contribution in [0.15, 0.2) is 6.07 Å². The number of aromatic nitrogens is 4. The highest BCUT2D eigenvalue weighted by Crippen LogP contribution is 2.28. The number of carbonyl (C=O) groups is 1. The van der Waals surface area contributed by atoms with Crippen LogP contribution in [-0.4, -0.2) is 81.5 Å². The number of fused-ring (bicyclic) bond motifs is 2. The average molecular weight is 370 g/mol. The van der Waals surface area contributed by atoms with Gasteiger partial charge in [0.05, 0.1) is 11.8 Å². The molecule has 1 amide bonds. The Hall–Kier alpha value is -2.06. The molecule has 3 aliphatic rings. The number of rotatable bonds is 3. The van der Waals surface area contributed by atoms with Crippen molar-refractivity contribution >= 4 is 11.6 Å². The summed E-state index contributed by atoms with van der Waals surface area (Å²) in [5.74, 6) is 1.49. The quantitative estimate of drug-likeness (QED) is 0.790. The topological polar surface area (TPSA) is 75.9 Å². The van der Waals surface area contributed by atoms with Gasteiger partial charge in [-0.3, -0.25) is 4.79 Å². The van der Waals surface area contributed by atoms with Crippen molar-refractivity contribution in [2.75, 3.05) is 39.8 Å². The summed E-state index contributed by atoms with van der Waals surface area (Å²) in [4.78, 5) is 15.8. The van der Waals surface area contributed by atoms with Crippen LogP contribution in [0.1, 0.15) is 42.3 Å². The van der Waals surface area contributed by atoms with Crippen molar-refractivity contribution in [2.24, 2.45) is 0 Å². The highest BCUT2D eigenvalue weighted by Gasteiger charge is 2.29. The lowest BCUT2D eigenvalue weighted by atomic mass is 9.96. The number of likely N-dealkylation sites (tertiary alicyclic amines) is 1. The van der Waals surface area contributed by atoms with Gasteiger partial charge in [-0.25, -0.2) is 0 Å². The number of amides is 1. The maximum Gasteiger partial charge on any atom is 0.248 e. The van der Waals surface area contributed by atoms with E-state index in [0.29, 0.717) is 12.5 Å². The summed E-state index contributed by atoms with van der Waals surface area (Å²) >= 11 is 0. The summed E-state index contributed by atoms with van der Waals surface area (Å²) in [7, 11) is 1.85. The van der Waals surface area contributed by atoms with Crippen molar-refractivity contribution in [1.29, 1.82) is 0 Å². The summed E-state index contributed by atoms with van der Waals surface area (Å²) < 4.78 is 7.67. The molecule has 5 rings (SSSR count). The number of carbonyl (C=O) groups excluding carboxylic acids is 1. The molecule has 1 aliphatic carbocycles. The van der Waals surface area contributed by atoms with Gasteiger partial charge in [-0.15, -0.1) is 10.2 Å². The lowest BCUT2D eigenvalue weighted by Gasteiger charge is -2.36. The molecule has 2 fully saturated rings. The first kappa shape index (κ1) is 17.1. The van der Waals surface area contributed by atoms with Crippen molar-refractivity contribution in [1.82, 2.24) is 29.6 Å². The number of hydrogen-bond acceptors (Lipinski definition) is 6. The minimum absolute atomic E-state index is 0.0719. The van der Waals surface area contributed by atoms with Gasteiger partial charge in [-0.05, 0) is 56.8 Å². The standard InChI is InChI=1S/C19H26N6O2/c1-23-10-15(27-12-18(23)26)11-24-7-5-13(6-8-24)19-21-20-17-9-14-3-2-4-16(14)22-25(17)19/h9,13,15H,2-8,10-12H2,1H3. The van der Waals surface area contributed by atoms with Crippen LogP contribution < -0.4 is 0 Å². The summed E-state index contributed by atoms with van der Waals surface area (Å²) in [6.07, 6.45) is 5.61. The highest BCUT2D eigenvalue weighted by atomic mass is 16.5. The van der Waals surface area contributed by atoms with Gasteiger partial charge in [0.25, 0.3) is 0 Å². The van der Waals surface area contributed by atoms with Crippen LogP contribution in [0.2, 0.25) is 0 Å². The molecule has 0 radical (unpaired) electrons. The Balaban J connectivity index is 1.23. The van der Waals surface area contributed by atoms with E-state index in [4.69, 9.17) is 9.84 Å². The second-order valence-electron chi connectivity index (χ2n) is 8.08. The summed E-state index contributed by atoms with van der Waals surface area (Å²) in [6, 6.07) is 2.17. The molecular formula is C19H26N6O2. The fourth-order valence-corrected chi connectivity index (χ4v) is 4.58. The Bertz CT molecular complexity index is 857. The smallest absolute Gasteiger partial charge is 0.248 e. The molecule has 1 atom stereocenters. The van der Waals surface area contributed by atoms with Crippen LogP contribution in [0.4, 0.5) is 0 Å². The predicted octanol–water partition coefficient (Wildman–Crippen LogP) is 0.650. The largest absolute Gasteiger partial charge is 0.365 e. The summed E-state index contributed by atoms with van der Waals surface area (Å²) in [5.41, 5.74) is 3.44. The van der Waals surface area contributed by atoms with Crippen LogP contribution in [0.5, 0.6) is 0 Å². The van der Waals surface area contributed by atoms with Crippen molar-refractivity contribution in [3.63, 3.8) is 0 Å². The third-order valence-electron chi connectivity index (χ3n) is 6.20. The summed E-state index contributed by atoms with van der Waals surface area (Å²) in [5, 5.41) is 13.7. The van der Waals surface area contributed by atoms with E-state index in [2.05, 4.69) is 21.2 Å². The zero-order valence-corrected chi connectivity index (χ0v) is 15.8. The Morgan fingerprint density at radius 2 is 2.07 bits per heavy atom. The van der Waals surface area contributed by atoms with Crippen LogP contribution >= 0.6 is 0 Å². The number of aryl methyl sites for hydroxylation is 2. The van der Waals surface area contributed by atoms with Crippen molar-refractivity contribution in [3.05, 3.63) is 23.1 Å². The number of ether oxygens (including phenoxy) is 1. The first-order chi connectivity index (χ1) is 13.2. The molecule has 0 saturated carbocycles. The van der Waals surface area contributed by atoms with Gasteiger partial charge in [0.2, 0.25) is 5.91 Å². The van der Waals surface area contributed by atoms with Gasteiger partial charge >= 0.3 is 0 Å². The maximum absolute atomic E-state index is 11.6. The Labute approximate surface area is 158 Å². The van der Waals surface area contributed by atoms with E-state index < -0.39 is 0 Å². The number of nitrogens with zero attached hydrogens (tertiary/aromatic N) is 6. The summed E-state index contributed by atoms with van der Waals surface area (Å²) in [6.45, 7) is 3.81. The van der Waals surface area contributed by atoms with Crippen molar-refractivity contribution in [2.45, 2.75) is 44.1 Å². The van der Waals surface area contributed by atoms with E-state index in [0.717, 1.165) is 56.8 Å². The van der Waals surface area contributed by atoms with E-state index in [9.17, 15) is 4.79 Å². The molecule has 0 N–H and O–H groups in total. The lowest BCUT2D eigenvalue weighted by molar-refractivity contribution is -0.147. The third-order valence-corrected chi connectivity index (χ3v) is 6.20. The lowest BCUT2D eigenvalue weighted by Crippen LogP contribution is -2.49. The van der Waals surface area contributed by atoms with Crippen molar-refractivity contribution < 1.29 is 9.53 Å². The number of piperidine rings is 1. The molecule has 2 aliphatic heterocycles. The fraction of sp³-hybridized carbons (Fsp3) is 0.684. The van der Waals surface area contributed by atoms with Crippen LogP contribution in [-0.2, 0) is 22.4 Å². The monoisotopic (exact) mass is 370 g/mol. The minimum Gasteiger partial charge on any atom is -0.365 e. The maximum atomic E-state index is 11.6.